The number of hydrogen-bond donors (Lipinski definition) is 1. The molecule has 0 bridgehead atoms. The fraction of sp³-hybridized carbons (Fsp3) is 0.250. The Morgan fingerprint density at radius 3 is 2.46 bits per heavy atom. The van der Waals surface area contributed by atoms with Crippen LogP contribution in [0.1, 0.15) is 31.9 Å². The molecule has 0 unspecified atom stereocenters. The van der Waals surface area contributed by atoms with Gasteiger partial charge in [-0.25, -0.2) is 8.42 Å². The van der Waals surface area contributed by atoms with Gasteiger partial charge < -0.3 is 4.57 Å². The van der Waals surface area contributed by atoms with E-state index in [2.05, 4.69) is 35.4 Å². The lowest BCUT2D eigenvalue weighted by Gasteiger charge is -2.13. The number of sulfonamides is 1. The second-order valence-electron chi connectivity index (χ2n) is 6.50. The van der Waals surface area contributed by atoms with E-state index in [4.69, 9.17) is 5.26 Å². The number of anilines is 1. The van der Waals surface area contributed by atoms with E-state index in [1.165, 1.54) is 0 Å². The molecule has 1 atom stereocenters. The third kappa shape index (κ3) is 3.58. The minimum atomic E-state index is -3.33. The van der Waals surface area contributed by atoms with E-state index in [-0.39, 0.29) is 6.04 Å². The van der Waals surface area contributed by atoms with E-state index in [1.54, 1.807) is 18.2 Å². The monoisotopic (exact) mass is 367 g/mol. The molecule has 1 aromatic heterocycles. The molecule has 0 spiro atoms. The molecule has 3 rings (SSSR count). The Hall–Kier alpha value is -2.78. The number of hydrogen-bond acceptors (Lipinski definition) is 3. The normalized spacial score (nSPS) is 12.7. The number of rotatable bonds is 5. The average Bonchev–Trinajstić information content (AvgIpc) is 2.98. The van der Waals surface area contributed by atoms with Gasteiger partial charge in [0, 0.05) is 23.2 Å². The maximum atomic E-state index is 11.6. The molecule has 0 saturated carbocycles. The number of nitriles is 1. The molecular formula is C20H21N3O2S. The third-order valence-corrected chi connectivity index (χ3v) is 5.13. The van der Waals surface area contributed by atoms with Crippen molar-refractivity contribution in [2.24, 2.45) is 0 Å². The SMILES string of the molecule is CC[C@@H](C)n1cc(-c2ccc(C#N)cc2)c2ccc(NS(C)(=O)=O)cc21. The number of aromatic nitrogens is 1. The maximum absolute atomic E-state index is 11.6. The van der Waals surface area contributed by atoms with Crippen LogP contribution in [0.2, 0.25) is 0 Å². The van der Waals surface area contributed by atoms with Crippen molar-refractivity contribution in [2.45, 2.75) is 26.3 Å². The van der Waals surface area contributed by atoms with Gasteiger partial charge in [-0.1, -0.05) is 25.1 Å². The lowest BCUT2D eigenvalue weighted by molar-refractivity contribution is 0.548. The van der Waals surface area contributed by atoms with E-state index >= 15 is 0 Å². The highest BCUT2D eigenvalue weighted by Gasteiger charge is 2.15. The Balaban J connectivity index is 2.19. The van der Waals surface area contributed by atoms with Crippen LogP contribution in [0.3, 0.4) is 0 Å². The molecule has 0 fully saturated rings. The molecule has 1 N–H and O–H groups in total. The Kier molecular flexibility index (Phi) is 4.75. The minimum absolute atomic E-state index is 0.276. The molecule has 3 aromatic rings. The van der Waals surface area contributed by atoms with Crippen molar-refractivity contribution in [2.75, 3.05) is 11.0 Å². The van der Waals surface area contributed by atoms with E-state index in [0.717, 1.165) is 34.7 Å². The van der Waals surface area contributed by atoms with Crippen LogP contribution in [0.25, 0.3) is 22.0 Å². The number of benzene rings is 2. The lowest BCUT2D eigenvalue weighted by Crippen LogP contribution is -2.09. The van der Waals surface area contributed by atoms with Gasteiger partial charge in [0.15, 0.2) is 0 Å². The molecule has 6 heteroatoms. The molecule has 2 aromatic carbocycles. The van der Waals surface area contributed by atoms with Crippen LogP contribution in [0.15, 0.2) is 48.7 Å². The molecule has 0 aliphatic heterocycles. The summed E-state index contributed by atoms with van der Waals surface area (Å²) in [5.74, 6) is 0. The Labute approximate surface area is 153 Å². The summed E-state index contributed by atoms with van der Waals surface area (Å²) in [4.78, 5) is 0. The van der Waals surface area contributed by atoms with Crippen LogP contribution in [0, 0.1) is 11.3 Å². The fourth-order valence-corrected chi connectivity index (χ4v) is 3.60. The van der Waals surface area contributed by atoms with Crippen LogP contribution in [0.5, 0.6) is 0 Å². The number of fused-ring (bicyclic) bond motifs is 1. The van der Waals surface area contributed by atoms with Crippen LogP contribution < -0.4 is 4.72 Å². The van der Waals surface area contributed by atoms with Crippen molar-refractivity contribution in [3.8, 4) is 17.2 Å². The van der Waals surface area contributed by atoms with E-state index < -0.39 is 10.0 Å². The topological polar surface area (TPSA) is 74.9 Å². The molecule has 0 amide bonds. The molecule has 0 radical (unpaired) electrons. The average molecular weight is 367 g/mol. The van der Waals surface area contributed by atoms with Crippen LogP contribution in [0.4, 0.5) is 5.69 Å². The van der Waals surface area contributed by atoms with Crippen molar-refractivity contribution in [1.82, 2.24) is 4.57 Å². The first-order valence-corrected chi connectivity index (χ1v) is 10.3. The van der Waals surface area contributed by atoms with Gasteiger partial charge >= 0.3 is 0 Å². The summed E-state index contributed by atoms with van der Waals surface area (Å²) < 4.78 is 27.8. The fourth-order valence-electron chi connectivity index (χ4n) is 3.04. The summed E-state index contributed by atoms with van der Waals surface area (Å²) in [6.07, 6.45) is 4.21. The highest BCUT2D eigenvalue weighted by molar-refractivity contribution is 7.92. The molecular weight excluding hydrogens is 346 g/mol. The summed E-state index contributed by atoms with van der Waals surface area (Å²) in [5, 5.41) is 10.0. The summed E-state index contributed by atoms with van der Waals surface area (Å²) in [5.41, 5.74) is 4.25. The van der Waals surface area contributed by atoms with Gasteiger partial charge in [0.1, 0.15) is 0 Å². The predicted octanol–water partition coefficient (Wildman–Crippen LogP) is 4.52. The second kappa shape index (κ2) is 6.85. The molecule has 134 valence electrons. The zero-order chi connectivity index (χ0) is 18.9. The smallest absolute Gasteiger partial charge is 0.229 e. The summed E-state index contributed by atoms with van der Waals surface area (Å²) in [6, 6.07) is 15.5. The largest absolute Gasteiger partial charge is 0.344 e. The molecule has 0 aliphatic carbocycles. The van der Waals surface area contributed by atoms with Gasteiger partial charge in [0.05, 0.1) is 29.1 Å². The van der Waals surface area contributed by atoms with Gasteiger partial charge in [-0.2, -0.15) is 5.26 Å². The third-order valence-electron chi connectivity index (χ3n) is 4.53. The molecule has 26 heavy (non-hydrogen) atoms. The lowest BCUT2D eigenvalue weighted by atomic mass is 10.0. The first-order chi connectivity index (χ1) is 12.3. The van der Waals surface area contributed by atoms with Crippen molar-refractivity contribution < 1.29 is 8.42 Å². The second-order valence-corrected chi connectivity index (χ2v) is 8.25. The van der Waals surface area contributed by atoms with Gasteiger partial charge in [-0.3, -0.25) is 4.72 Å². The van der Waals surface area contributed by atoms with Gasteiger partial charge in [-0.05, 0) is 43.2 Å². The van der Waals surface area contributed by atoms with E-state index in [0.29, 0.717) is 11.3 Å². The van der Waals surface area contributed by atoms with E-state index in [9.17, 15) is 8.42 Å². The standard InChI is InChI=1S/C20H21N3O2S/c1-4-14(2)23-13-19(16-7-5-15(12-21)6-8-16)18-10-9-17(11-20(18)23)22-26(3,24)25/h5-11,13-14,22H,4H2,1-3H3/t14-/m1/s1. The molecule has 0 aliphatic rings. The zero-order valence-corrected chi connectivity index (χ0v) is 15.8. The summed E-state index contributed by atoms with van der Waals surface area (Å²) >= 11 is 0. The van der Waals surface area contributed by atoms with Crippen molar-refractivity contribution in [3.05, 3.63) is 54.2 Å². The highest BCUT2D eigenvalue weighted by Crippen LogP contribution is 2.35. The summed E-state index contributed by atoms with van der Waals surface area (Å²) in [6.45, 7) is 4.26. The maximum Gasteiger partial charge on any atom is 0.229 e. The van der Waals surface area contributed by atoms with Gasteiger partial charge in [0.25, 0.3) is 0 Å². The number of nitrogens with zero attached hydrogens (tertiary/aromatic N) is 2. The Morgan fingerprint density at radius 2 is 1.88 bits per heavy atom. The van der Waals surface area contributed by atoms with Gasteiger partial charge in [-0.15, -0.1) is 0 Å². The van der Waals surface area contributed by atoms with Crippen molar-refractivity contribution in [3.63, 3.8) is 0 Å². The minimum Gasteiger partial charge on any atom is -0.344 e. The zero-order valence-electron chi connectivity index (χ0n) is 15.0. The van der Waals surface area contributed by atoms with Crippen LogP contribution >= 0.6 is 0 Å². The Bertz CT molecular complexity index is 1090. The van der Waals surface area contributed by atoms with Crippen LogP contribution in [-0.4, -0.2) is 19.2 Å². The van der Waals surface area contributed by atoms with Crippen molar-refractivity contribution in [1.29, 1.82) is 5.26 Å². The van der Waals surface area contributed by atoms with E-state index in [1.807, 2.05) is 24.3 Å². The molecule has 0 saturated heterocycles. The predicted molar refractivity (Wildman–Crippen MR) is 106 cm³/mol. The number of nitrogens with one attached hydrogen (secondary N) is 1. The first-order valence-electron chi connectivity index (χ1n) is 8.45. The van der Waals surface area contributed by atoms with Crippen LogP contribution in [-0.2, 0) is 10.0 Å². The summed E-state index contributed by atoms with van der Waals surface area (Å²) in [7, 11) is -3.33. The Morgan fingerprint density at radius 1 is 1.19 bits per heavy atom. The molecule has 1 heterocycles. The first kappa shape index (κ1) is 18.0. The van der Waals surface area contributed by atoms with Gasteiger partial charge in [0.2, 0.25) is 10.0 Å². The molecule has 5 nitrogen and oxygen atoms in total. The quantitative estimate of drug-likeness (QED) is 0.720. The highest BCUT2D eigenvalue weighted by atomic mass is 32.2. The van der Waals surface area contributed by atoms with Crippen molar-refractivity contribution >= 4 is 26.6 Å².